The van der Waals surface area contributed by atoms with Crippen LogP contribution in [0.5, 0.6) is 0 Å². The van der Waals surface area contributed by atoms with Gasteiger partial charge in [0.15, 0.2) is 4.98 Å². The number of rotatable bonds is 11. The van der Waals surface area contributed by atoms with E-state index in [9.17, 15) is 14.7 Å². The maximum atomic E-state index is 12.7. The summed E-state index contributed by atoms with van der Waals surface area (Å²) in [6.45, 7) is 13.3. The molecule has 27 heavy (non-hydrogen) atoms. The van der Waals surface area contributed by atoms with E-state index >= 15 is 0 Å². The minimum atomic E-state index is -0.897. The summed E-state index contributed by atoms with van der Waals surface area (Å²) >= 11 is 0. The fourth-order valence-corrected chi connectivity index (χ4v) is 2.32. The number of ether oxygens (including phenoxy) is 1. The van der Waals surface area contributed by atoms with Gasteiger partial charge in [0, 0.05) is 13.0 Å². The minimum Gasteiger partial charge on any atom is -0.475 e. The zero-order chi connectivity index (χ0) is 21.0. The first kappa shape index (κ1) is 24.4. The number of carbonyl (C=O) groups is 2. The molecule has 150 valence electrons. The summed E-state index contributed by atoms with van der Waals surface area (Å²) in [5.41, 5.74) is 1.33. The van der Waals surface area contributed by atoms with E-state index in [-0.39, 0.29) is 25.5 Å². The van der Waals surface area contributed by atoms with E-state index in [0.717, 1.165) is 23.3 Å². The Balaban J connectivity index is 5.33. The van der Waals surface area contributed by atoms with Gasteiger partial charge in [-0.05, 0) is 52.9 Å². The molecule has 0 bridgehead atoms. The van der Waals surface area contributed by atoms with Gasteiger partial charge in [-0.25, -0.2) is 0 Å². The van der Waals surface area contributed by atoms with Crippen LogP contribution < -0.4 is 0 Å². The van der Waals surface area contributed by atoms with Crippen molar-refractivity contribution in [3.63, 3.8) is 0 Å². The van der Waals surface area contributed by atoms with Crippen molar-refractivity contribution in [1.29, 1.82) is 5.39 Å². The van der Waals surface area contributed by atoms with E-state index in [2.05, 4.69) is 17.6 Å². The van der Waals surface area contributed by atoms with Gasteiger partial charge in [-0.1, -0.05) is 24.1 Å². The number of diazo groups is 1. The smallest absolute Gasteiger partial charge is 0.475 e. The van der Waals surface area contributed by atoms with Gasteiger partial charge in [-0.2, -0.15) is 0 Å². The standard InChI is InChI=1S/C20H31N3O4/c1-7-27-20(26)18(22-21)19(25)23(12-11-15(4)5)17(24)13-16(6)10-8-9-14(2)3/h9,16H,4,7-8,10-13H2,1-3,5-6H3/p+1. The number of amides is 2. The molecule has 0 aromatic rings. The van der Waals surface area contributed by atoms with Gasteiger partial charge < -0.3 is 9.84 Å². The second kappa shape index (κ2) is 12.7. The number of allylic oxidation sites excluding steroid dienone is 2. The van der Waals surface area contributed by atoms with Gasteiger partial charge in [-0.15, -0.1) is 6.58 Å². The van der Waals surface area contributed by atoms with Gasteiger partial charge in [0.25, 0.3) is 0 Å². The average Bonchev–Trinajstić information content (AvgIpc) is 2.55. The number of nitrogens with zero attached hydrogens (tertiary/aromatic N) is 3. The molecule has 7 heteroatoms. The number of aliphatic hydroxyl groups excluding tert-OH is 1. The van der Waals surface area contributed by atoms with Crippen LogP contribution in [0.2, 0.25) is 0 Å². The van der Waals surface area contributed by atoms with Crippen molar-refractivity contribution in [2.24, 2.45) is 5.92 Å². The van der Waals surface area contributed by atoms with Gasteiger partial charge >= 0.3 is 17.5 Å². The van der Waals surface area contributed by atoms with Crippen molar-refractivity contribution < 1.29 is 19.4 Å². The zero-order valence-corrected chi connectivity index (χ0v) is 17.1. The fourth-order valence-electron chi connectivity index (χ4n) is 2.32. The second-order valence-corrected chi connectivity index (χ2v) is 6.91. The molecule has 0 saturated heterocycles. The van der Waals surface area contributed by atoms with E-state index in [1.807, 2.05) is 20.8 Å². The van der Waals surface area contributed by atoms with E-state index in [1.165, 1.54) is 5.57 Å². The molecule has 7 nitrogen and oxygen atoms in total. The number of hydrogen-bond donors (Lipinski definition) is 1. The Hall–Kier alpha value is -2.62. The Kier molecular flexibility index (Phi) is 11.5. The van der Waals surface area contributed by atoms with Crippen LogP contribution in [0.1, 0.15) is 60.3 Å². The number of aliphatic hydroxyl groups is 1. The predicted octanol–water partition coefficient (Wildman–Crippen LogP) is 4.70. The molecule has 1 atom stereocenters. The third-order valence-corrected chi connectivity index (χ3v) is 3.83. The van der Waals surface area contributed by atoms with Gasteiger partial charge in [-0.3, -0.25) is 14.5 Å². The second-order valence-electron chi connectivity index (χ2n) is 6.91. The summed E-state index contributed by atoms with van der Waals surface area (Å²) in [4.78, 5) is 29.1. The van der Waals surface area contributed by atoms with Crippen molar-refractivity contribution in [2.45, 2.75) is 60.3 Å². The molecular formula is C20H32N3O4+. The van der Waals surface area contributed by atoms with Crippen molar-refractivity contribution in [3.05, 3.63) is 40.4 Å². The third-order valence-electron chi connectivity index (χ3n) is 3.83. The molecule has 0 rings (SSSR count). The summed E-state index contributed by atoms with van der Waals surface area (Å²) in [6.07, 6.45) is 4.37. The molecule has 0 aromatic heterocycles. The van der Waals surface area contributed by atoms with Crippen molar-refractivity contribution in [1.82, 2.24) is 4.90 Å². The zero-order valence-electron chi connectivity index (χ0n) is 17.1. The number of hydrogen-bond acceptors (Lipinski definition) is 5. The topological polar surface area (TPSA) is 95.0 Å². The lowest BCUT2D eigenvalue weighted by atomic mass is 10.00. The van der Waals surface area contributed by atoms with E-state index in [0.29, 0.717) is 6.42 Å². The van der Waals surface area contributed by atoms with Crippen LogP contribution in [-0.4, -0.2) is 35.0 Å². The number of carbonyl (C=O) groups excluding carboxylic acids is 2. The highest BCUT2D eigenvalue weighted by molar-refractivity contribution is 6.05. The Morgan fingerprint density at radius 2 is 1.96 bits per heavy atom. The molecule has 0 radical (unpaired) electrons. The molecule has 0 aromatic carbocycles. The summed E-state index contributed by atoms with van der Waals surface area (Å²) in [5, 5.41) is 18.9. The SMILES string of the molecule is C=C(C)CCN(C(=O)CC(C)CCC=C(C)C)C(=O)/C([N+]#N)=C(\O)OCC. The Morgan fingerprint density at radius 3 is 2.44 bits per heavy atom. The fraction of sp³-hybridized carbons (Fsp3) is 0.600. The average molecular weight is 378 g/mol. The van der Waals surface area contributed by atoms with Crippen LogP contribution in [0, 0.1) is 11.3 Å². The maximum absolute atomic E-state index is 12.7. The highest BCUT2D eigenvalue weighted by atomic mass is 16.6. The van der Waals surface area contributed by atoms with Crippen LogP contribution in [0.3, 0.4) is 0 Å². The molecule has 1 N–H and O–H groups in total. The molecule has 1 unspecified atom stereocenters. The molecule has 2 amide bonds. The monoisotopic (exact) mass is 378 g/mol. The van der Waals surface area contributed by atoms with Crippen molar-refractivity contribution >= 4 is 11.8 Å². The molecular weight excluding hydrogens is 346 g/mol. The Bertz CT molecular complexity index is 640. The minimum absolute atomic E-state index is 0.0761. The lowest BCUT2D eigenvalue weighted by molar-refractivity contribution is -0.143. The molecule has 0 aliphatic carbocycles. The van der Waals surface area contributed by atoms with Gasteiger partial charge in [0.1, 0.15) is 0 Å². The first-order valence-electron chi connectivity index (χ1n) is 9.17. The molecule has 0 fully saturated rings. The first-order valence-corrected chi connectivity index (χ1v) is 9.17. The van der Waals surface area contributed by atoms with E-state index in [4.69, 9.17) is 10.1 Å². The highest BCUT2D eigenvalue weighted by Crippen LogP contribution is 2.17. The predicted molar refractivity (Wildman–Crippen MR) is 105 cm³/mol. The Labute approximate surface area is 162 Å². The summed E-state index contributed by atoms with van der Waals surface area (Å²) < 4.78 is 4.83. The molecule has 0 aliphatic rings. The van der Waals surface area contributed by atoms with Gasteiger partial charge in [0.05, 0.1) is 6.61 Å². The van der Waals surface area contributed by atoms with Crippen molar-refractivity contribution in [2.75, 3.05) is 13.2 Å². The summed E-state index contributed by atoms with van der Waals surface area (Å²) in [5.74, 6) is -2.02. The normalized spacial score (nSPS) is 12.3. The van der Waals surface area contributed by atoms with Crippen LogP contribution in [0.25, 0.3) is 4.98 Å². The van der Waals surface area contributed by atoms with Crippen LogP contribution in [-0.2, 0) is 14.3 Å². The third kappa shape index (κ3) is 9.59. The Morgan fingerprint density at radius 1 is 1.33 bits per heavy atom. The molecule has 0 aliphatic heterocycles. The lowest BCUT2D eigenvalue weighted by Crippen LogP contribution is -2.39. The largest absolute Gasteiger partial charge is 0.528 e. The van der Waals surface area contributed by atoms with Crippen LogP contribution in [0.15, 0.2) is 35.4 Å². The lowest BCUT2D eigenvalue weighted by Gasteiger charge is -2.20. The van der Waals surface area contributed by atoms with E-state index in [1.54, 1.807) is 13.8 Å². The molecule has 0 heterocycles. The van der Waals surface area contributed by atoms with Crippen LogP contribution >= 0.6 is 0 Å². The maximum Gasteiger partial charge on any atom is 0.528 e. The molecule has 0 spiro atoms. The van der Waals surface area contributed by atoms with Crippen molar-refractivity contribution in [3.8, 4) is 0 Å². The van der Waals surface area contributed by atoms with Gasteiger partial charge in [0.2, 0.25) is 11.3 Å². The summed E-state index contributed by atoms with van der Waals surface area (Å²) in [7, 11) is 0. The molecule has 0 saturated carbocycles. The highest BCUT2D eigenvalue weighted by Gasteiger charge is 2.38. The quantitative estimate of drug-likeness (QED) is 0.243. The number of imide groups is 1. The van der Waals surface area contributed by atoms with Crippen LogP contribution in [0.4, 0.5) is 0 Å². The first-order chi connectivity index (χ1) is 12.6. The summed E-state index contributed by atoms with van der Waals surface area (Å²) in [6, 6.07) is 0. The van der Waals surface area contributed by atoms with E-state index < -0.39 is 23.5 Å².